The SMILES string of the molecule is CC(CO)CC(C)CO.II. The van der Waals surface area contributed by atoms with Crippen molar-refractivity contribution in [1.29, 1.82) is 0 Å². The van der Waals surface area contributed by atoms with E-state index in [4.69, 9.17) is 10.2 Å². The average Bonchev–Trinajstić information content (AvgIpc) is 2.07. The molecule has 70 valence electrons. The van der Waals surface area contributed by atoms with Crippen molar-refractivity contribution in [3.8, 4) is 0 Å². The summed E-state index contributed by atoms with van der Waals surface area (Å²) in [4.78, 5) is 0. The van der Waals surface area contributed by atoms with Crippen molar-refractivity contribution in [2.24, 2.45) is 11.8 Å². The van der Waals surface area contributed by atoms with Crippen molar-refractivity contribution >= 4 is 37.2 Å². The van der Waals surface area contributed by atoms with E-state index < -0.39 is 0 Å². The maximum atomic E-state index is 8.60. The lowest BCUT2D eigenvalue weighted by atomic mass is 9.99. The summed E-state index contributed by atoms with van der Waals surface area (Å²) in [6.45, 7) is 4.41. The lowest BCUT2D eigenvalue weighted by Crippen LogP contribution is -2.09. The summed E-state index contributed by atoms with van der Waals surface area (Å²) >= 11 is 4.24. The zero-order valence-corrected chi connectivity index (χ0v) is 11.2. The van der Waals surface area contributed by atoms with Gasteiger partial charge in [-0.2, -0.15) is 0 Å². The molecule has 0 saturated heterocycles. The molecule has 2 atom stereocenters. The van der Waals surface area contributed by atoms with Gasteiger partial charge < -0.3 is 10.2 Å². The highest BCUT2D eigenvalue weighted by molar-refractivity contribution is 15.0. The number of halogens is 2. The van der Waals surface area contributed by atoms with Gasteiger partial charge in [0.1, 0.15) is 0 Å². The molecule has 0 aliphatic rings. The van der Waals surface area contributed by atoms with Gasteiger partial charge in [-0.3, -0.25) is 0 Å². The van der Waals surface area contributed by atoms with Crippen LogP contribution in [-0.4, -0.2) is 23.4 Å². The zero-order chi connectivity index (χ0) is 9.28. The van der Waals surface area contributed by atoms with E-state index >= 15 is 0 Å². The first-order valence-electron chi connectivity index (χ1n) is 3.56. The quantitative estimate of drug-likeness (QED) is 0.729. The Morgan fingerprint density at radius 1 is 1.00 bits per heavy atom. The maximum Gasteiger partial charge on any atom is 0.0456 e. The van der Waals surface area contributed by atoms with Crippen LogP contribution in [0.2, 0.25) is 0 Å². The van der Waals surface area contributed by atoms with Gasteiger partial charge in [-0.1, -0.05) is 13.8 Å². The van der Waals surface area contributed by atoms with Gasteiger partial charge in [0, 0.05) is 50.4 Å². The van der Waals surface area contributed by atoms with Crippen LogP contribution in [0.5, 0.6) is 0 Å². The first-order chi connectivity index (χ1) is 5.20. The van der Waals surface area contributed by atoms with Crippen LogP contribution >= 0.6 is 37.2 Å². The predicted molar refractivity (Wildman–Crippen MR) is 65.2 cm³/mol. The molecule has 0 radical (unpaired) electrons. The maximum absolute atomic E-state index is 8.60. The van der Waals surface area contributed by atoms with E-state index in [0.29, 0.717) is 11.8 Å². The summed E-state index contributed by atoms with van der Waals surface area (Å²) in [5, 5.41) is 17.2. The summed E-state index contributed by atoms with van der Waals surface area (Å²) in [7, 11) is 0. The molecular weight excluding hydrogens is 370 g/mol. The molecule has 0 amide bonds. The summed E-state index contributed by atoms with van der Waals surface area (Å²) in [6, 6.07) is 0. The number of hydrogen-bond donors (Lipinski definition) is 2. The minimum absolute atomic E-state index is 0.227. The predicted octanol–water partition coefficient (Wildman–Crippen LogP) is 2.40. The smallest absolute Gasteiger partial charge is 0.0456 e. The van der Waals surface area contributed by atoms with Crippen molar-refractivity contribution in [2.75, 3.05) is 13.2 Å². The monoisotopic (exact) mass is 386 g/mol. The molecule has 0 aromatic heterocycles. The van der Waals surface area contributed by atoms with Crippen molar-refractivity contribution in [3.05, 3.63) is 0 Å². The van der Waals surface area contributed by atoms with Gasteiger partial charge in [0.05, 0.1) is 0 Å². The highest BCUT2D eigenvalue weighted by atomic mass is 128. The molecule has 2 unspecified atom stereocenters. The molecule has 0 fully saturated rings. The van der Waals surface area contributed by atoms with Crippen molar-refractivity contribution < 1.29 is 10.2 Å². The third kappa shape index (κ3) is 11.4. The summed E-state index contributed by atoms with van der Waals surface area (Å²) in [5.74, 6) is 0.652. The summed E-state index contributed by atoms with van der Waals surface area (Å²) in [5.41, 5.74) is 0. The first-order valence-corrected chi connectivity index (χ1v) is 9.85. The molecule has 2 N–H and O–H groups in total. The van der Waals surface area contributed by atoms with Crippen LogP contribution in [0.4, 0.5) is 0 Å². The first kappa shape index (κ1) is 14.9. The summed E-state index contributed by atoms with van der Waals surface area (Å²) < 4.78 is 0. The van der Waals surface area contributed by atoms with E-state index in [1.54, 1.807) is 0 Å². The lowest BCUT2D eigenvalue weighted by Gasteiger charge is -2.11. The topological polar surface area (TPSA) is 40.5 Å². The minimum atomic E-state index is 0.227. The summed E-state index contributed by atoms with van der Waals surface area (Å²) in [6.07, 6.45) is 0.910. The molecule has 0 saturated carbocycles. The van der Waals surface area contributed by atoms with Crippen LogP contribution in [0, 0.1) is 11.8 Å². The fraction of sp³-hybridized carbons (Fsp3) is 1.00. The van der Waals surface area contributed by atoms with E-state index in [2.05, 4.69) is 37.2 Å². The molecule has 0 bridgehead atoms. The average molecular weight is 386 g/mol. The van der Waals surface area contributed by atoms with Gasteiger partial charge in [0.15, 0.2) is 0 Å². The van der Waals surface area contributed by atoms with E-state index in [1.807, 2.05) is 13.8 Å². The largest absolute Gasteiger partial charge is 0.396 e. The van der Waals surface area contributed by atoms with E-state index in [1.165, 1.54) is 0 Å². The van der Waals surface area contributed by atoms with Crippen LogP contribution in [0.25, 0.3) is 0 Å². The zero-order valence-electron chi connectivity index (χ0n) is 6.93. The molecule has 0 rings (SSSR count). The van der Waals surface area contributed by atoms with E-state index in [0.717, 1.165) is 6.42 Å². The van der Waals surface area contributed by atoms with Gasteiger partial charge in [-0.15, -0.1) is 0 Å². The molecule has 0 heterocycles. The van der Waals surface area contributed by atoms with Crippen molar-refractivity contribution in [1.82, 2.24) is 0 Å². The minimum Gasteiger partial charge on any atom is -0.396 e. The third-order valence-electron chi connectivity index (χ3n) is 1.43. The number of aliphatic hydroxyl groups excluding tert-OH is 2. The Morgan fingerprint density at radius 2 is 1.27 bits per heavy atom. The molecule has 0 aliphatic carbocycles. The van der Waals surface area contributed by atoms with E-state index in [-0.39, 0.29) is 13.2 Å². The highest BCUT2D eigenvalue weighted by Gasteiger charge is 2.05. The van der Waals surface area contributed by atoms with Crippen molar-refractivity contribution in [2.45, 2.75) is 20.3 Å². The van der Waals surface area contributed by atoms with Crippen LogP contribution in [0.1, 0.15) is 20.3 Å². The van der Waals surface area contributed by atoms with Gasteiger partial charge >= 0.3 is 0 Å². The molecule has 0 aliphatic heterocycles. The van der Waals surface area contributed by atoms with Crippen molar-refractivity contribution in [3.63, 3.8) is 0 Å². The standard InChI is InChI=1S/C7H16O2.I2/c1-6(4-8)3-7(2)5-9;1-2/h6-9H,3-5H2,1-2H3;. The van der Waals surface area contributed by atoms with Gasteiger partial charge in [-0.05, 0) is 18.3 Å². The fourth-order valence-electron chi connectivity index (χ4n) is 0.836. The second-order valence-electron chi connectivity index (χ2n) is 2.81. The second kappa shape index (κ2) is 11.4. The molecule has 4 heteroatoms. The number of rotatable bonds is 4. The lowest BCUT2D eigenvalue weighted by molar-refractivity contribution is 0.177. The Hall–Kier alpha value is 1.38. The van der Waals surface area contributed by atoms with Crippen LogP contribution in [0.3, 0.4) is 0 Å². The third-order valence-corrected chi connectivity index (χ3v) is 1.43. The Kier molecular flexibility index (Phi) is 15.4. The number of hydrogen-bond acceptors (Lipinski definition) is 2. The number of aliphatic hydroxyl groups is 2. The normalized spacial score (nSPS) is 14.7. The Labute approximate surface area is 92.1 Å². The van der Waals surface area contributed by atoms with Gasteiger partial charge in [0.2, 0.25) is 0 Å². The Morgan fingerprint density at radius 3 is 1.45 bits per heavy atom. The fourth-order valence-corrected chi connectivity index (χ4v) is 0.836. The van der Waals surface area contributed by atoms with Crippen LogP contribution in [-0.2, 0) is 0 Å². The molecule has 2 nitrogen and oxygen atoms in total. The van der Waals surface area contributed by atoms with Gasteiger partial charge in [0.25, 0.3) is 0 Å². The highest BCUT2D eigenvalue weighted by Crippen LogP contribution is 2.09. The molecule has 0 aromatic carbocycles. The molecule has 0 aromatic rings. The van der Waals surface area contributed by atoms with Crippen LogP contribution < -0.4 is 0 Å². The van der Waals surface area contributed by atoms with E-state index in [9.17, 15) is 0 Å². The second-order valence-corrected chi connectivity index (χ2v) is 2.81. The molecule has 11 heavy (non-hydrogen) atoms. The molecule has 0 spiro atoms. The Bertz CT molecular complexity index is 63.5. The van der Waals surface area contributed by atoms with Crippen LogP contribution in [0.15, 0.2) is 0 Å². The Balaban J connectivity index is 0. The van der Waals surface area contributed by atoms with Gasteiger partial charge in [-0.25, -0.2) is 0 Å². The molecular formula is C7H16I2O2.